The van der Waals surface area contributed by atoms with E-state index in [1.807, 2.05) is 24.3 Å². The van der Waals surface area contributed by atoms with E-state index in [1.165, 1.54) is 7.11 Å². The molecule has 0 heterocycles. The minimum Gasteiger partial charge on any atom is -0.490 e. The van der Waals surface area contributed by atoms with Crippen LogP contribution in [0.2, 0.25) is 0 Å². The average Bonchev–Trinajstić information content (AvgIpc) is 2.47. The molecule has 1 amide bonds. The van der Waals surface area contributed by atoms with Gasteiger partial charge < -0.3 is 20.1 Å². The Balaban J connectivity index is 2.59. The molecule has 2 N–H and O–H groups in total. The van der Waals surface area contributed by atoms with Crippen molar-refractivity contribution >= 4 is 5.91 Å². The van der Waals surface area contributed by atoms with Gasteiger partial charge in [0.15, 0.2) is 0 Å². The maximum Gasteiger partial charge on any atom is 0.253 e. The number of hydrogen-bond acceptors (Lipinski definition) is 4. The molecule has 1 unspecified atom stereocenters. The van der Waals surface area contributed by atoms with Crippen molar-refractivity contribution in [1.82, 2.24) is 4.90 Å². The summed E-state index contributed by atoms with van der Waals surface area (Å²) in [4.78, 5) is 13.6. The molecular weight excluding hydrogens is 256 g/mol. The smallest absolute Gasteiger partial charge is 0.253 e. The molecule has 1 aromatic carbocycles. The van der Waals surface area contributed by atoms with Gasteiger partial charge in [-0.15, -0.1) is 0 Å². The van der Waals surface area contributed by atoms with Crippen molar-refractivity contribution in [2.75, 3.05) is 27.3 Å². The quantitative estimate of drug-likeness (QED) is 0.725. The van der Waals surface area contributed by atoms with Gasteiger partial charge in [-0.3, -0.25) is 4.79 Å². The molecule has 20 heavy (non-hydrogen) atoms. The number of methoxy groups -OCH3 is 1. The summed E-state index contributed by atoms with van der Waals surface area (Å²) >= 11 is 0. The van der Waals surface area contributed by atoms with Gasteiger partial charge in [0, 0.05) is 27.2 Å². The number of hydrogen-bond donors (Lipinski definition) is 1. The van der Waals surface area contributed by atoms with Crippen LogP contribution in [0.4, 0.5) is 0 Å². The summed E-state index contributed by atoms with van der Waals surface area (Å²) in [5, 5.41) is 0. The number of benzene rings is 1. The Hall–Kier alpha value is -1.85. The summed E-state index contributed by atoms with van der Waals surface area (Å²) in [5.74, 6) is 0.654. The second-order valence-electron chi connectivity index (χ2n) is 4.40. The Labute approximate surface area is 120 Å². The molecule has 0 aliphatic carbocycles. The molecule has 0 fully saturated rings. The number of carbonyl (C=O) groups is 1. The Morgan fingerprint density at radius 3 is 2.60 bits per heavy atom. The summed E-state index contributed by atoms with van der Waals surface area (Å²) in [7, 11) is 3.21. The number of rotatable bonds is 8. The van der Waals surface area contributed by atoms with Crippen LogP contribution < -0.4 is 10.5 Å². The molecule has 0 aliphatic heterocycles. The Morgan fingerprint density at radius 2 is 2.10 bits per heavy atom. The lowest BCUT2D eigenvalue weighted by atomic mass is 10.2. The third kappa shape index (κ3) is 4.68. The third-order valence-corrected chi connectivity index (χ3v) is 2.86. The van der Waals surface area contributed by atoms with E-state index in [-0.39, 0.29) is 12.5 Å². The van der Waals surface area contributed by atoms with E-state index in [4.69, 9.17) is 15.2 Å². The number of nitrogens with zero attached hydrogens (tertiary/aromatic N) is 1. The summed E-state index contributed by atoms with van der Waals surface area (Å²) in [6, 6.07) is 7.58. The van der Waals surface area contributed by atoms with Crippen LogP contribution in [0.3, 0.4) is 0 Å². The van der Waals surface area contributed by atoms with Crippen LogP contribution in [-0.2, 0) is 16.1 Å². The fourth-order valence-electron chi connectivity index (χ4n) is 1.74. The highest BCUT2D eigenvalue weighted by Crippen LogP contribution is 2.13. The molecule has 1 atom stereocenters. The molecule has 0 spiro atoms. The van der Waals surface area contributed by atoms with E-state index in [0.717, 1.165) is 11.3 Å². The SMILES string of the molecule is C=CCOc1ccc(CN(C)C(=O)C(CN)OC)cc1. The minimum absolute atomic E-state index is 0.123. The van der Waals surface area contributed by atoms with E-state index < -0.39 is 6.10 Å². The molecule has 0 bridgehead atoms. The number of nitrogens with two attached hydrogens (primary N) is 1. The molecule has 0 saturated heterocycles. The molecule has 1 aromatic rings. The monoisotopic (exact) mass is 278 g/mol. The molecule has 5 nitrogen and oxygen atoms in total. The largest absolute Gasteiger partial charge is 0.490 e. The van der Waals surface area contributed by atoms with Crippen LogP contribution >= 0.6 is 0 Å². The minimum atomic E-state index is -0.588. The number of ether oxygens (including phenoxy) is 2. The first-order chi connectivity index (χ1) is 9.62. The summed E-state index contributed by atoms with van der Waals surface area (Å²) in [6.07, 6.45) is 1.10. The van der Waals surface area contributed by atoms with Crippen molar-refractivity contribution in [3.05, 3.63) is 42.5 Å². The van der Waals surface area contributed by atoms with Gasteiger partial charge in [-0.2, -0.15) is 0 Å². The maximum atomic E-state index is 12.0. The maximum absolute atomic E-state index is 12.0. The second kappa shape index (κ2) is 8.35. The highest BCUT2D eigenvalue weighted by Gasteiger charge is 2.19. The lowest BCUT2D eigenvalue weighted by Gasteiger charge is -2.22. The Morgan fingerprint density at radius 1 is 1.45 bits per heavy atom. The van der Waals surface area contributed by atoms with Crippen LogP contribution in [0.25, 0.3) is 0 Å². The fourth-order valence-corrected chi connectivity index (χ4v) is 1.74. The predicted octanol–water partition coefficient (Wildman–Crippen LogP) is 1.18. The molecule has 5 heteroatoms. The van der Waals surface area contributed by atoms with Crippen molar-refractivity contribution in [3.63, 3.8) is 0 Å². The number of amides is 1. The van der Waals surface area contributed by atoms with E-state index in [2.05, 4.69) is 6.58 Å². The van der Waals surface area contributed by atoms with E-state index in [0.29, 0.717) is 13.2 Å². The van der Waals surface area contributed by atoms with Crippen LogP contribution in [0.15, 0.2) is 36.9 Å². The van der Waals surface area contributed by atoms with Gasteiger partial charge in [0.1, 0.15) is 18.5 Å². The first-order valence-electron chi connectivity index (χ1n) is 6.42. The van der Waals surface area contributed by atoms with Gasteiger partial charge in [-0.25, -0.2) is 0 Å². The van der Waals surface area contributed by atoms with Gasteiger partial charge >= 0.3 is 0 Å². The number of likely N-dealkylation sites (N-methyl/N-ethyl adjacent to an activating group) is 1. The van der Waals surface area contributed by atoms with Crippen molar-refractivity contribution < 1.29 is 14.3 Å². The highest BCUT2D eigenvalue weighted by atomic mass is 16.5. The summed E-state index contributed by atoms with van der Waals surface area (Å²) in [5.41, 5.74) is 6.50. The Kier molecular flexibility index (Phi) is 6.76. The third-order valence-electron chi connectivity index (χ3n) is 2.86. The zero-order chi connectivity index (χ0) is 15.0. The molecule has 0 saturated carbocycles. The first kappa shape index (κ1) is 16.2. The molecule has 110 valence electrons. The van der Waals surface area contributed by atoms with Crippen LogP contribution in [0.1, 0.15) is 5.56 Å². The van der Waals surface area contributed by atoms with Gasteiger partial charge in [-0.05, 0) is 17.7 Å². The first-order valence-corrected chi connectivity index (χ1v) is 6.42. The average molecular weight is 278 g/mol. The van der Waals surface area contributed by atoms with Gasteiger partial charge in [0.05, 0.1) is 0 Å². The molecule has 1 rings (SSSR count). The van der Waals surface area contributed by atoms with Gasteiger partial charge in [0.25, 0.3) is 5.91 Å². The molecule has 0 aliphatic rings. The van der Waals surface area contributed by atoms with Crippen LogP contribution in [-0.4, -0.2) is 44.2 Å². The van der Waals surface area contributed by atoms with Gasteiger partial charge in [0.2, 0.25) is 0 Å². The zero-order valence-electron chi connectivity index (χ0n) is 12.0. The van der Waals surface area contributed by atoms with Crippen molar-refractivity contribution in [2.45, 2.75) is 12.6 Å². The normalized spacial score (nSPS) is 11.8. The lowest BCUT2D eigenvalue weighted by Crippen LogP contribution is -2.41. The predicted molar refractivity (Wildman–Crippen MR) is 78.5 cm³/mol. The topological polar surface area (TPSA) is 64.8 Å². The lowest BCUT2D eigenvalue weighted by molar-refractivity contribution is -0.140. The standard InChI is InChI=1S/C15H22N2O3/c1-4-9-20-13-7-5-12(6-8-13)11-17(2)15(18)14(10-16)19-3/h4-8,14H,1,9-11,16H2,2-3H3. The molecule has 0 radical (unpaired) electrons. The van der Waals surface area contributed by atoms with Crippen molar-refractivity contribution in [2.24, 2.45) is 5.73 Å². The molecule has 0 aromatic heterocycles. The fraction of sp³-hybridized carbons (Fsp3) is 0.400. The van der Waals surface area contributed by atoms with Crippen molar-refractivity contribution in [1.29, 1.82) is 0 Å². The second-order valence-corrected chi connectivity index (χ2v) is 4.40. The zero-order valence-corrected chi connectivity index (χ0v) is 12.0. The summed E-state index contributed by atoms with van der Waals surface area (Å²) in [6.45, 7) is 4.74. The molecular formula is C15H22N2O3. The van der Waals surface area contributed by atoms with Crippen LogP contribution in [0.5, 0.6) is 5.75 Å². The van der Waals surface area contributed by atoms with Gasteiger partial charge in [-0.1, -0.05) is 24.8 Å². The van der Waals surface area contributed by atoms with E-state index >= 15 is 0 Å². The van der Waals surface area contributed by atoms with E-state index in [9.17, 15) is 4.79 Å². The van der Waals surface area contributed by atoms with Crippen molar-refractivity contribution in [3.8, 4) is 5.75 Å². The van der Waals surface area contributed by atoms with Crippen LogP contribution in [0, 0.1) is 0 Å². The highest BCUT2D eigenvalue weighted by molar-refractivity contribution is 5.80. The van der Waals surface area contributed by atoms with E-state index in [1.54, 1.807) is 18.0 Å². The Bertz CT molecular complexity index is 427. The number of carbonyl (C=O) groups excluding carboxylic acids is 1. The summed E-state index contributed by atoms with van der Waals surface area (Å²) < 4.78 is 10.4.